The van der Waals surface area contributed by atoms with Crippen LogP contribution in [-0.2, 0) is 11.3 Å². The highest BCUT2D eigenvalue weighted by molar-refractivity contribution is 7.11. The number of amides is 2. The summed E-state index contributed by atoms with van der Waals surface area (Å²) in [6.07, 6.45) is 1.77. The lowest BCUT2D eigenvalue weighted by atomic mass is 10.2. The van der Waals surface area contributed by atoms with E-state index in [1.807, 2.05) is 26.0 Å². The first-order chi connectivity index (χ1) is 10.1. The minimum atomic E-state index is -0.313. The van der Waals surface area contributed by atoms with Gasteiger partial charge in [0.15, 0.2) is 0 Å². The first-order valence-electron chi connectivity index (χ1n) is 6.59. The summed E-state index contributed by atoms with van der Waals surface area (Å²) in [7, 11) is 1.59. The molecule has 7 heteroatoms. The minimum Gasteiger partial charge on any atom is -0.464 e. The number of nitrogens with one attached hydrogen (secondary N) is 2. The van der Waals surface area contributed by atoms with Gasteiger partial charge in [0.05, 0.1) is 18.2 Å². The Morgan fingerprint density at radius 3 is 2.86 bits per heavy atom. The van der Waals surface area contributed by atoms with E-state index >= 15 is 0 Å². The molecule has 6 nitrogen and oxygen atoms in total. The maximum Gasteiger partial charge on any atom is 0.315 e. The Morgan fingerprint density at radius 2 is 2.29 bits per heavy atom. The Kier molecular flexibility index (Phi) is 5.35. The SMILES string of the molecule is COC[C@@H](NC(=O)NCc1cnc(C)s1)c1ccc(C)o1. The van der Waals surface area contributed by atoms with Crippen molar-refractivity contribution in [1.29, 1.82) is 0 Å². The number of hydrogen-bond acceptors (Lipinski definition) is 5. The first kappa shape index (κ1) is 15.5. The third-order valence-electron chi connectivity index (χ3n) is 2.84. The molecule has 0 aliphatic heterocycles. The lowest BCUT2D eigenvalue weighted by molar-refractivity contribution is 0.156. The summed E-state index contributed by atoms with van der Waals surface area (Å²) < 4.78 is 10.7. The second-order valence-corrected chi connectivity index (χ2v) is 5.95. The van der Waals surface area contributed by atoms with Crippen LogP contribution in [0.5, 0.6) is 0 Å². The lowest BCUT2D eigenvalue weighted by Gasteiger charge is -2.16. The largest absolute Gasteiger partial charge is 0.464 e. The molecule has 0 spiro atoms. The number of carbonyl (C=O) groups excluding carboxylic acids is 1. The highest BCUT2D eigenvalue weighted by Gasteiger charge is 2.17. The molecule has 0 aliphatic rings. The Hall–Kier alpha value is -1.86. The molecule has 0 unspecified atom stereocenters. The topological polar surface area (TPSA) is 76.4 Å². The third kappa shape index (κ3) is 4.57. The highest BCUT2D eigenvalue weighted by atomic mass is 32.1. The molecule has 2 aromatic heterocycles. The number of urea groups is 1. The fourth-order valence-electron chi connectivity index (χ4n) is 1.87. The van der Waals surface area contributed by atoms with Crippen LogP contribution in [0, 0.1) is 13.8 Å². The van der Waals surface area contributed by atoms with Crippen LogP contribution in [-0.4, -0.2) is 24.7 Å². The van der Waals surface area contributed by atoms with E-state index in [9.17, 15) is 4.79 Å². The van der Waals surface area contributed by atoms with Crippen molar-refractivity contribution in [1.82, 2.24) is 15.6 Å². The molecule has 2 heterocycles. The molecular weight excluding hydrogens is 290 g/mol. The van der Waals surface area contributed by atoms with Crippen molar-refractivity contribution in [3.05, 3.63) is 39.7 Å². The molecule has 114 valence electrons. The highest BCUT2D eigenvalue weighted by Crippen LogP contribution is 2.16. The second kappa shape index (κ2) is 7.24. The molecule has 21 heavy (non-hydrogen) atoms. The Bertz CT molecular complexity index is 594. The summed E-state index contributed by atoms with van der Waals surface area (Å²) in [4.78, 5) is 17.1. The molecule has 1 atom stereocenters. The Labute approximate surface area is 127 Å². The zero-order valence-electron chi connectivity index (χ0n) is 12.3. The first-order valence-corrected chi connectivity index (χ1v) is 7.41. The molecule has 0 saturated heterocycles. The quantitative estimate of drug-likeness (QED) is 0.859. The number of furan rings is 1. The minimum absolute atomic E-state index is 0.267. The van der Waals surface area contributed by atoms with Crippen molar-refractivity contribution in [2.24, 2.45) is 0 Å². The van der Waals surface area contributed by atoms with Crippen LogP contribution in [0.15, 0.2) is 22.7 Å². The second-order valence-electron chi connectivity index (χ2n) is 4.63. The number of nitrogens with zero attached hydrogens (tertiary/aromatic N) is 1. The molecular formula is C14H19N3O3S. The zero-order valence-corrected chi connectivity index (χ0v) is 13.1. The number of ether oxygens (including phenoxy) is 1. The van der Waals surface area contributed by atoms with Crippen LogP contribution < -0.4 is 10.6 Å². The van der Waals surface area contributed by atoms with Gasteiger partial charge in [-0.05, 0) is 26.0 Å². The van der Waals surface area contributed by atoms with Crippen LogP contribution in [0.4, 0.5) is 4.79 Å². The van der Waals surface area contributed by atoms with Crippen LogP contribution in [0.1, 0.15) is 27.4 Å². The molecule has 0 saturated carbocycles. The molecule has 2 amide bonds. The molecule has 2 N–H and O–H groups in total. The number of methoxy groups -OCH3 is 1. The number of thiazole rings is 1. The summed E-state index contributed by atoms with van der Waals surface area (Å²) in [5, 5.41) is 6.62. The fraction of sp³-hybridized carbons (Fsp3) is 0.429. The normalized spacial score (nSPS) is 12.1. The van der Waals surface area contributed by atoms with Crippen molar-refractivity contribution in [3.8, 4) is 0 Å². The maximum atomic E-state index is 12.0. The van der Waals surface area contributed by atoms with E-state index in [4.69, 9.17) is 9.15 Å². The average molecular weight is 309 g/mol. The van der Waals surface area contributed by atoms with E-state index in [1.54, 1.807) is 24.6 Å². The molecule has 2 rings (SSSR count). The van der Waals surface area contributed by atoms with Gasteiger partial charge >= 0.3 is 6.03 Å². The number of aryl methyl sites for hydroxylation is 2. The number of rotatable bonds is 6. The van der Waals surface area contributed by atoms with Gasteiger partial charge in [-0.1, -0.05) is 0 Å². The van der Waals surface area contributed by atoms with Crippen LogP contribution in [0.25, 0.3) is 0 Å². The van der Waals surface area contributed by atoms with Crippen LogP contribution in [0.3, 0.4) is 0 Å². The smallest absolute Gasteiger partial charge is 0.315 e. The molecule has 0 aliphatic carbocycles. The molecule has 0 fully saturated rings. The molecule has 0 aromatic carbocycles. The summed E-state index contributed by atoms with van der Waals surface area (Å²) in [6, 6.07) is 3.12. The van der Waals surface area contributed by atoms with E-state index < -0.39 is 0 Å². The summed E-state index contributed by atoms with van der Waals surface area (Å²) in [5.74, 6) is 1.48. The predicted molar refractivity (Wildman–Crippen MR) is 80.3 cm³/mol. The van der Waals surface area contributed by atoms with Gasteiger partial charge < -0.3 is 19.8 Å². The van der Waals surface area contributed by atoms with Gasteiger partial charge in [-0.3, -0.25) is 0 Å². The van der Waals surface area contributed by atoms with Gasteiger partial charge in [0.1, 0.15) is 17.6 Å². The van der Waals surface area contributed by atoms with Crippen molar-refractivity contribution in [2.75, 3.05) is 13.7 Å². The number of hydrogen-bond donors (Lipinski definition) is 2. The van der Waals surface area contributed by atoms with E-state index in [0.29, 0.717) is 18.9 Å². The van der Waals surface area contributed by atoms with Crippen molar-refractivity contribution >= 4 is 17.4 Å². The molecule has 2 aromatic rings. The van der Waals surface area contributed by atoms with Gasteiger partial charge in [-0.25, -0.2) is 9.78 Å². The third-order valence-corrected chi connectivity index (χ3v) is 3.75. The number of aromatic nitrogens is 1. The maximum absolute atomic E-state index is 12.0. The Morgan fingerprint density at radius 1 is 1.48 bits per heavy atom. The molecule has 0 bridgehead atoms. The van der Waals surface area contributed by atoms with Gasteiger partial charge in [0.2, 0.25) is 0 Å². The van der Waals surface area contributed by atoms with Crippen molar-refractivity contribution < 1.29 is 13.9 Å². The lowest BCUT2D eigenvalue weighted by Crippen LogP contribution is -2.38. The van der Waals surface area contributed by atoms with E-state index in [1.165, 1.54) is 0 Å². The van der Waals surface area contributed by atoms with Crippen LogP contribution >= 0.6 is 11.3 Å². The number of carbonyl (C=O) groups is 1. The van der Waals surface area contributed by atoms with Crippen LogP contribution in [0.2, 0.25) is 0 Å². The van der Waals surface area contributed by atoms with Crippen molar-refractivity contribution in [2.45, 2.75) is 26.4 Å². The standard InChI is InChI=1S/C14H19N3O3S/c1-9-4-5-13(20-9)12(8-19-3)17-14(18)16-7-11-6-15-10(2)21-11/h4-6,12H,7-8H2,1-3H3,(H2,16,17,18)/t12-/m1/s1. The monoisotopic (exact) mass is 309 g/mol. The summed E-state index contributed by atoms with van der Waals surface area (Å²) in [5.41, 5.74) is 0. The predicted octanol–water partition coefficient (Wildman–Crippen LogP) is 2.54. The Balaban J connectivity index is 1.89. The van der Waals surface area contributed by atoms with Gasteiger partial charge in [0, 0.05) is 18.2 Å². The zero-order chi connectivity index (χ0) is 15.2. The fourth-order valence-corrected chi connectivity index (χ4v) is 2.60. The summed E-state index contributed by atoms with van der Waals surface area (Å²) >= 11 is 1.56. The van der Waals surface area contributed by atoms with Gasteiger partial charge in [-0.2, -0.15) is 0 Å². The van der Waals surface area contributed by atoms with E-state index in [0.717, 1.165) is 15.6 Å². The molecule has 0 radical (unpaired) electrons. The average Bonchev–Trinajstić information content (AvgIpc) is 3.05. The van der Waals surface area contributed by atoms with Crippen molar-refractivity contribution in [3.63, 3.8) is 0 Å². The van der Waals surface area contributed by atoms with E-state index in [2.05, 4.69) is 15.6 Å². The van der Waals surface area contributed by atoms with Gasteiger partial charge in [0.25, 0.3) is 0 Å². The van der Waals surface area contributed by atoms with E-state index in [-0.39, 0.29) is 12.1 Å². The summed E-state index contributed by atoms with van der Waals surface area (Å²) in [6.45, 7) is 4.59. The van der Waals surface area contributed by atoms with Gasteiger partial charge in [-0.15, -0.1) is 11.3 Å².